The molecular formula is C20H23N5O4. The van der Waals surface area contributed by atoms with Crippen LogP contribution in [0.15, 0.2) is 48.8 Å². The third kappa shape index (κ3) is 4.35. The molecule has 2 heterocycles. The van der Waals surface area contributed by atoms with Gasteiger partial charge in [0.1, 0.15) is 5.75 Å². The number of hydrogen-bond donors (Lipinski definition) is 2. The average molecular weight is 397 g/mol. The van der Waals surface area contributed by atoms with Gasteiger partial charge in [-0.1, -0.05) is 6.07 Å². The van der Waals surface area contributed by atoms with Crippen LogP contribution >= 0.6 is 0 Å². The lowest BCUT2D eigenvalue weighted by Gasteiger charge is -2.29. The van der Waals surface area contributed by atoms with Crippen LogP contribution in [0.1, 0.15) is 20.7 Å². The number of hydrogen-bond acceptors (Lipinski definition) is 6. The molecule has 1 aromatic carbocycles. The second kappa shape index (κ2) is 9.16. The molecule has 0 radical (unpaired) electrons. The number of aromatic nitrogens is 1. The molecule has 1 unspecified atom stereocenters. The molecule has 0 saturated carbocycles. The molecule has 2 aromatic rings. The number of rotatable bonds is 6. The van der Waals surface area contributed by atoms with E-state index in [0.717, 1.165) is 0 Å². The van der Waals surface area contributed by atoms with Crippen molar-refractivity contribution in [1.29, 1.82) is 0 Å². The van der Waals surface area contributed by atoms with E-state index in [-0.39, 0.29) is 38.0 Å². The van der Waals surface area contributed by atoms with Crippen LogP contribution in [-0.4, -0.2) is 72.0 Å². The molecule has 3 rings (SSSR count). The number of carbonyl (C=O) groups excluding carboxylic acids is 3. The van der Waals surface area contributed by atoms with Crippen LogP contribution in [0.3, 0.4) is 0 Å². The van der Waals surface area contributed by atoms with Crippen LogP contribution < -0.4 is 15.8 Å². The fourth-order valence-electron chi connectivity index (χ4n) is 3.21. The van der Waals surface area contributed by atoms with Gasteiger partial charge in [-0.15, -0.1) is 0 Å². The lowest BCUT2D eigenvalue weighted by atomic mass is 10.1. The van der Waals surface area contributed by atoms with Crippen molar-refractivity contribution in [3.63, 3.8) is 0 Å². The largest absolute Gasteiger partial charge is 0.497 e. The van der Waals surface area contributed by atoms with E-state index in [0.29, 0.717) is 16.9 Å². The van der Waals surface area contributed by atoms with E-state index in [2.05, 4.69) is 10.3 Å². The Morgan fingerprint density at radius 1 is 1.10 bits per heavy atom. The highest BCUT2D eigenvalue weighted by Crippen LogP contribution is 2.22. The van der Waals surface area contributed by atoms with Crippen molar-refractivity contribution < 1.29 is 19.1 Å². The molecule has 152 valence electrons. The number of amides is 3. The fraction of sp³-hybridized carbons (Fsp3) is 0.300. The van der Waals surface area contributed by atoms with Crippen LogP contribution in [0.5, 0.6) is 5.75 Å². The quantitative estimate of drug-likeness (QED) is 0.713. The second-order valence-corrected chi connectivity index (χ2v) is 6.42. The van der Waals surface area contributed by atoms with Crippen LogP contribution in [0, 0.1) is 0 Å². The first-order valence-corrected chi connectivity index (χ1v) is 9.20. The fourth-order valence-corrected chi connectivity index (χ4v) is 3.21. The highest BCUT2D eigenvalue weighted by molar-refractivity contribution is 6.02. The molecule has 1 fully saturated rings. The monoisotopic (exact) mass is 397 g/mol. The molecule has 0 bridgehead atoms. The smallest absolute Gasteiger partial charge is 0.263 e. The summed E-state index contributed by atoms with van der Waals surface area (Å²) < 4.78 is 5.18. The van der Waals surface area contributed by atoms with Crippen LogP contribution in [0.2, 0.25) is 0 Å². The molecule has 1 aliphatic rings. The Morgan fingerprint density at radius 2 is 1.76 bits per heavy atom. The predicted octanol–water partition coefficient (Wildman–Crippen LogP) is 0.0894. The maximum absolute atomic E-state index is 13.1. The minimum Gasteiger partial charge on any atom is -0.497 e. The highest BCUT2D eigenvalue weighted by Gasteiger charge is 2.43. The van der Waals surface area contributed by atoms with E-state index in [1.54, 1.807) is 36.4 Å². The van der Waals surface area contributed by atoms with Crippen molar-refractivity contribution in [1.82, 2.24) is 20.1 Å². The summed E-state index contributed by atoms with van der Waals surface area (Å²) >= 11 is 0. The van der Waals surface area contributed by atoms with Gasteiger partial charge in [0.25, 0.3) is 17.7 Å². The number of nitrogens with one attached hydrogen (secondary N) is 1. The molecule has 3 amide bonds. The van der Waals surface area contributed by atoms with Crippen molar-refractivity contribution >= 4 is 17.7 Å². The van der Waals surface area contributed by atoms with E-state index < -0.39 is 12.1 Å². The molecule has 3 N–H and O–H groups in total. The minimum atomic E-state index is -1.07. The van der Waals surface area contributed by atoms with Crippen LogP contribution in [-0.2, 0) is 4.79 Å². The molecule has 1 saturated heterocycles. The third-order valence-corrected chi connectivity index (χ3v) is 4.62. The number of benzene rings is 1. The van der Waals surface area contributed by atoms with Gasteiger partial charge < -0.3 is 25.6 Å². The van der Waals surface area contributed by atoms with Gasteiger partial charge in [-0.25, -0.2) is 0 Å². The number of nitrogens with two attached hydrogens (primary N) is 1. The van der Waals surface area contributed by atoms with Crippen molar-refractivity contribution in [3.05, 3.63) is 59.9 Å². The second-order valence-electron chi connectivity index (χ2n) is 6.42. The molecule has 9 nitrogen and oxygen atoms in total. The van der Waals surface area contributed by atoms with Crippen molar-refractivity contribution in [2.45, 2.75) is 6.17 Å². The van der Waals surface area contributed by atoms with Crippen molar-refractivity contribution in [2.24, 2.45) is 5.73 Å². The topological polar surface area (TPSA) is 118 Å². The first kappa shape index (κ1) is 20.3. The number of pyridine rings is 1. The lowest BCUT2D eigenvalue weighted by molar-refractivity contribution is -0.128. The minimum absolute atomic E-state index is 0.230. The summed E-state index contributed by atoms with van der Waals surface area (Å²) in [7, 11) is 1.51. The van der Waals surface area contributed by atoms with Crippen molar-refractivity contribution in [2.75, 3.05) is 33.3 Å². The van der Waals surface area contributed by atoms with Gasteiger partial charge in [-0.3, -0.25) is 19.4 Å². The Labute approximate surface area is 168 Å². The van der Waals surface area contributed by atoms with Gasteiger partial charge in [-0.05, 0) is 30.3 Å². The standard InChI is InChI=1S/C20H23N5O4/c1-29-16-4-2-3-15(13-16)20(28)25-12-11-24(18(25)17(26)23-10-7-21)19(27)14-5-8-22-9-6-14/h2-6,8-9,13,18H,7,10-12,21H2,1H3,(H,23,26). The Hall–Kier alpha value is -3.46. The zero-order chi connectivity index (χ0) is 20.8. The van der Waals surface area contributed by atoms with Gasteiger partial charge in [0.05, 0.1) is 7.11 Å². The molecule has 0 aliphatic carbocycles. The SMILES string of the molecule is COc1cccc(C(=O)N2CCN(C(=O)c3ccncc3)C2C(=O)NCCN)c1. The number of ether oxygens (including phenoxy) is 1. The molecular weight excluding hydrogens is 374 g/mol. The Kier molecular flexibility index (Phi) is 6.40. The summed E-state index contributed by atoms with van der Waals surface area (Å²) in [5, 5.41) is 2.68. The summed E-state index contributed by atoms with van der Waals surface area (Å²) in [4.78, 5) is 45.6. The van der Waals surface area contributed by atoms with E-state index >= 15 is 0 Å². The molecule has 29 heavy (non-hydrogen) atoms. The summed E-state index contributed by atoms with van der Waals surface area (Å²) in [5.41, 5.74) is 6.25. The highest BCUT2D eigenvalue weighted by atomic mass is 16.5. The molecule has 1 aromatic heterocycles. The number of nitrogens with zero attached hydrogens (tertiary/aromatic N) is 3. The van der Waals surface area contributed by atoms with E-state index in [4.69, 9.17) is 10.5 Å². The first-order valence-electron chi connectivity index (χ1n) is 9.20. The maximum Gasteiger partial charge on any atom is 0.263 e. The van der Waals surface area contributed by atoms with Crippen molar-refractivity contribution in [3.8, 4) is 5.75 Å². The molecule has 1 aliphatic heterocycles. The first-order chi connectivity index (χ1) is 14.1. The maximum atomic E-state index is 13.1. The predicted molar refractivity (Wildman–Crippen MR) is 105 cm³/mol. The molecule has 0 spiro atoms. The van der Waals surface area contributed by atoms with Gasteiger partial charge in [0, 0.05) is 49.7 Å². The summed E-state index contributed by atoms with van der Waals surface area (Å²) in [6.45, 7) is 0.958. The van der Waals surface area contributed by atoms with Gasteiger partial charge in [0.15, 0.2) is 6.17 Å². The molecule has 9 heteroatoms. The van der Waals surface area contributed by atoms with Gasteiger partial charge in [0.2, 0.25) is 0 Å². The number of methoxy groups -OCH3 is 1. The lowest BCUT2D eigenvalue weighted by Crippen LogP contribution is -2.54. The van der Waals surface area contributed by atoms with E-state index in [1.807, 2.05) is 0 Å². The summed E-state index contributed by atoms with van der Waals surface area (Å²) in [6.07, 6.45) is 1.94. The Balaban J connectivity index is 1.90. The summed E-state index contributed by atoms with van der Waals surface area (Å²) in [5.74, 6) is -0.626. The van der Waals surface area contributed by atoms with Crippen LogP contribution in [0.4, 0.5) is 0 Å². The number of carbonyl (C=O) groups is 3. The van der Waals surface area contributed by atoms with E-state index in [9.17, 15) is 14.4 Å². The van der Waals surface area contributed by atoms with E-state index in [1.165, 1.54) is 29.3 Å². The zero-order valence-electron chi connectivity index (χ0n) is 16.1. The zero-order valence-corrected chi connectivity index (χ0v) is 16.1. The summed E-state index contributed by atoms with van der Waals surface area (Å²) in [6, 6.07) is 9.82. The Morgan fingerprint density at radius 3 is 2.38 bits per heavy atom. The normalized spacial score (nSPS) is 15.9. The van der Waals surface area contributed by atoms with Gasteiger partial charge in [-0.2, -0.15) is 0 Å². The Bertz CT molecular complexity index is 889. The van der Waals surface area contributed by atoms with Crippen LogP contribution in [0.25, 0.3) is 0 Å². The third-order valence-electron chi connectivity index (χ3n) is 4.62. The van der Waals surface area contributed by atoms with Gasteiger partial charge >= 0.3 is 0 Å². The molecule has 1 atom stereocenters. The average Bonchev–Trinajstić information content (AvgIpc) is 3.22.